The van der Waals surface area contributed by atoms with Gasteiger partial charge in [0, 0.05) is 5.54 Å². The Morgan fingerprint density at radius 3 is 2.71 bits per heavy atom. The highest BCUT2D eigenvalue weighted by Gasteiger charge is 2.39. The Bertz CT molecular complexity index is 339. The summed E-state index contributed by atoms with van der Waals surface area (Å²) in [6.45, 7) is 1.20. The number of rotatable bonds is 0. The average Bonchev–Trinajstić information content (AvgIpc) is 2.35. The lowest BCUT2D eigenvalue weighted by Gasteiger charge is -2.44. The number of benzene rings is 1. The molecular weight excluding hydrogens is 170 g/mol. The summed E-state index contributed by atoms with van der Waals surface area (Å²) in [7, 11) is 0. The second-order valence-corrected chi connectivity index (χ2v) is 4.62. The van der Waals surface area contributed by atoms with Crippen LogP contribution in [0.5, 0.6) is 0 Å². The molecule has 1 atom stereocenters. The normalized spacial score (nSPS) is 30.6. The second kappa shape index (κ2) is 3.09. The van der Waals surface area contributed by atoms with Gasteiger partial charge < -0.3 is 5.32 Å². The lowest BCUT2D eigenvalue weighted by molar-refractivity contribution is 0.191. The van der Waals surface area contributed by atoms with Gasteiger partial charge in [0.25, 0.3) is 0 Å². The third-order valence-electron chi connectivity index (χ3n) is 3.85. The molecule has 1 aromatic rings. The maximum absolute atomic E-state index is 3.66. The van der Waals surface area contributed by atoms with E-state index in [1.807, 2.05) is 0 Å². The van der Waals surface area contributed by atoms with Crippen molar-refractivity contribution in [1.29, 1.82) is 0 Å². The minimum atomic E-state index is 0.368. The smallest absolute Gasteiger partial charge is 0.0449 e. The van der Waals surface area contributed by atoms with Crippen LogP contribution in [0.1, 0.15) is 36.8 Å². The largest absolute Gasteiger partial charge is 0.307 e. The molecule has 3 rings (SSSR count). The van der Waals surface area contributed by atoms with E-state index in [2.05, 4.69) is 29.6 Å². The topological polar surface area (TPSA) is 12.0 Å². The van der Waals surface area contributed by atoms with Gasteiger partial charge in [-0.1, -0.05) is 30.7 Å². The van der Waals surface area contributed by atoms with E-state index in [1.165, 1.54) is 38.6 Å². The van der Waals surface area contributed by atoms with Gasteiger partial charge in [-0.25, -0.2) is 0 Å². The van der Waals surface area contributed by atoms with Crippen LogP contribution in [0.2, 0.25) is 0 Å². The summed E-state index contributed by atoms with van der Waals surface area (Å²) in [6, 6.07) is 9.00. The van der Waals surface area contributed by atoms with Crippen LogP contribution in [0.4, 0.5) is 0 Å². The van der Waals surface area contributed by atoms with Crippen LogP contribution in [0, 0.1) is 0 Å². The van der Waals surface area contributed by atoms with E-state index in [-0.39, 0.29) is 0 Å². The van der Waals surface area contributed by atoms with E-state index < -0.39 is 0 Å². The molecule has 1 fully saturated rings. The van der Waals surface area contributed by atoms with Crippen molar-refractivity contribution in [2.75, 3.05) is 6.54 Å². The maximum atomic E-state index is 3.66. The fourth-order valence-electron chi connectivity index (χ4n) is 2.95. The van der Waals surface area contributed by atoms with Gasteiger partial charge in [-0.05, 0) is 43.4 Å². The number of aryl methyl sites for hydroxylation is 1. The van der Waals surface area contributed by atoms with Gasteiger partial charge in [0.1, 0.15) is 0 Å². The van der Waals surface area contributed by atoms with E-state index in [1.54, 1.807) is 11.1 Å². The fraction of sp³-hybridized carbons (Fsp3) is 0.538. The minimum absolute atomic E-state index is 0.368. The number of nitrogens with one attached hydrogen (secondary N) is 1. The van der Waals surface area contributed by atoms with Gasteiger partial charge in [-0.2, -0.15) is 0 Å². The molecule has 1 spiro atoms. The monoisotopic (exact) mass is 187 g/mol. The quantitative estimate of drug-likeness (QED) is 0.658. The highest BCUT2D eigenvalue weighted by atomic mass is 15.0. The second-order valence-electron chi connectivity index (χ2n) is 4.62. The predicted molar refractivity (Wildman–Crippen MR) is 58.3 cm³/mol. The van der Waals surface area contributed by atoms with Gasteiger partial charge >= 0.3 is 0 Å². The van der Waals surface area contributed by atoms with Crippen molar-refractivity contribution in [1.82, 2.24) is 5.32 Å². The van der Waals surface area contributed by atoms with Crippen molar-refractivity contribution in [2.24, 2.45) is 0 Å². The van der Waals surface area contributed by atoms with Crippen molar-refractivity contribution >= 4 is 0 Å². The van der Waals surface area contributed by atoms with Gasteiger partial charge in [0.05, 0.1) is 0 Å². The standard InChI is InChI=1S/C13H17N/c1-2-7-12-11(5-1)6-3-4-8-13(12)9-10-14-13/h1-2,5,7,14H,3-4,6,8-10H2. The van der Waals surface area contributed by atoms with Crippen LogP contribution in [0.25, 0.3) is 0 Å². The van der Waals surface area contributed by atoms with E-state index in [9.17, 15) is 0 Å². The van der Waals surface area contributed by atoms with E-state index in [4.69, 9.17) is 0 Å². The SMILES string of the molecule is c1ccc2c(c1)CCCCC21CCN1. The summed E-state index contributed by atoms with van der Waals surface area (Å²) < 4.78 is 0. The average molecular weight is 187 g/mol. The van der Waals surface area contributed by atoms with Crippen molar-refractivity contribution in [3.63, 3.8) is 0 Å². The lowest BCUT2D eigenvalue weighted by atomic mass is 9.77. The van der Waals surface area contributed by atoms with Crippen LogP contribution in [0.3, 0.4) is 0 Å². The molecule has 0 radical (unpaired) electrons. The van der Waals surface area contributed by atoms with Crippen molar-refractivity contribution < 1.29 is 0 Å². The van der Waals surface area contributed by atoms with Gasteiger partial charge in [0.15, 0.2) is 0 Å². The van der Waals surface area contributed by atoms with Crippen LogP contribution < -0.4 is 5.32 Å². The Labute approximate surface area is 85.5 Å². The summed E-state index contributed by atoms with van der Waals surface area (Å²) in [6.07, 6.45) is 6.69. The molecular formula is C13H17N. The molecule has 1 saturated heterocycles. The number of fused-ring (bicyclic) bond motifs is 2. The summed E-state index contributed by atoms with van der Waals surface area (Å²) in [5.41, 5.74) is 3.54. The predicted octanol–water partition coefficient (Wildman–Crippen LogP) is 2.60. The van der Waals surface area contributed by atoms with Crippen LogP contribution in [-0.2, 0) is 12.0 Å². The molecule has 0 aromatic heterocycles. The lowest BCUT2D eigenvalue weighted by Crippen LogP contribution is -2.54. The van der Waals surface area contributed by atoms with Gasteiger partial charge in [0.2, 0.25) is 0 Å². The van der Waals surface area contributed by atoms with Gasteiger partial charge in [-0.3, -0.25) is 0 Å². The van der Waals surface area contributed by atoms with E-state index in [0.29, 0.717) is 5.54 Å². The Kier molecular flexibility index (Phi) is 1.88. The molecule has 1 nitrogen and oxygen atoms in total. The van der Waals surface area contributed by atoms with Crippen molar-refractivity contribution in [2.45, 2.75) is 37.6 Å². The molecule has 1 aliphatic heterocycles. The molecule has 2 aliphatic rings. The minimum Gasteiger partial charge on any atom is -0.307 e. The highest BCUT2D eigenvalue weighted by Crippen LogP contribution is 2.40. The van der Waals surface area contributed by atoms with Gasteiger partial charge in [-0.15, -0.1) is 0 Å². The third-order valence-corrected chi connectivity index (χ3v) is 3.85. The maximum Gasteiger partial charge on any atom is 0.0449 e. The Morgan fingerprint density at radius 1 is 1.07 bits per heavy atom. The Morgan fingerprint density at radius 2 is 1.93 bits per heavy atom. The van der Waals surface area contributed by atoms with Crippen LogP contribution in [-0.4, -0.2) is 6.54 Å². The molecule has 0 saturated carbocycles. The highest BCUT2D eigenvalue weighted by molar-refractivity contribution is 5.36. The first-order chi connectivity index (χ1) is 6.91. The summed E-state index contributed by atoms with van der Waals surface area (Å²) in [5, 5.41) is 3.66. The molecule has 1 heterocycles. The zero-order valence-corrected chi connectivity index (χ0v) is 8.55. The van der Waals surface area contributed by atoms with Crippen LogP contribution in [0.15, 0.2) is 24.3 Å². The first-order valence-corrected chi connectivity index (χ1v) is 5.74. The molecule has 1 aromatic carbocycles. The zero-order chi connectivity index (χ0) is 9.43. The summed E-state index contributed by atoms with van der Waals surface area (Å²) in [4.78, 5) is 0. The molecule has 74 valence electrons. The summed E-state index contributed by atoms with van der Waals surface area (Å²) in [5.74, 6) is 0. The molecule has 1 heteroatoms. The molecule has 0 amide bonds. The molecule has 1 aliphatic carbocycles. The zero-order valence-electron chi connectivity index (χ0n) is 8.55. The Balaban J connectivity index is 2.08. The Hall–Kier alpha value is -0.820. The summed E-state index contributed by atoms with van der Waals surface area (Å²) >= 11 is 0. The molecule has 1 N–H and O–H groups in total. The van der Waals surface area contributed by atoms with E-state index in [0.717, 1.165) is 0 Å². The number of hydrogen-bond donors (Lipinski definition) is 1. The first-order valence-electron chi connectivity index (χ1n) is 5.74. The number of hydrogen-bond acceptors (Lipinski definition) is 1. The molecule has 1 unspecified atom stereocenters. The van der Waals surface area contributed by atoms with Crippen LogP contribution >= 0.6 is 0 Å². The fourth-order valence-corrected chi connectivity index (χ4v) is 2.95. The molecule has 0 bridgehead atoms. The van der Waals surface area contributed by atoms with Crippen molar-refractivity contribution in [3.8, 4) is 0 Å². The van der Waals surface area contributed by atoms with E-state index >= 15 is 0 Å². The molecule has 14 heavy (non-hydrogen) atoms. The third kappa shape index (κ3) is 1.12. The first kappa shape index (κ1) is 8.49. The van der Waals surface area contributed by atoms with Crippen molar-refractivity contribution in [3.05, 3.63) is 35.4 Å².